The number of amides is 1. The lowest BCUT2D eigenvalue weighted by Crippen LogP contribution is -2.50. The van der Waals surface area contributed by atoms with Crippen molar-refractivity contribution < 1.29 is 13.2 Å². The Bertz CT molecular complexity index is 711. The molecule has 1 heterocycles. The fraction of sp³-hybridized carbons (Fsp3) is 0.588. The zero-order chi connectivity index (χ0) is 17.2. The molecule has 1 aliphatic carbocycles. The lowest BCUT2D eigenvalue weighted by atomic mass is 9.92. The number of sulfonamides is 1. The number of nitrogens with zero attached hydrogens (tertiary/aromatic N) is 2. The van der Waals surface area contributed by atoms with Crippen molar-refractivity contribution in [3.63, 3.8) is 0 Å². The quantitative estimate of drug-likeness (QED) is 0.813. The van der Waals surface area contributed by atoms with Gasteiger partial charge in [-0.25, -0.2) is 8.42 Å². The predicted molar refractivity (Wildman–Crippen MR) is 96.8 cm³/mol. The number of thioether (sulfide) groups is 1. The number of rotatable bonds is 4. The molecule has 0 N–H and O–H groups in total. The van der Waals surface area contributed by atoms with Gasteiger partial charge < -0.3 is 4.90 Å². The molecule has 1 saturated heterocycles. The number of benzene rings is 1. The zero-order valence-electron chi connectivity index (χ0n) is 14.0. The maximum absolute atomic E-state index is 12.9. The van der Waals surface area contributed by atoms with Gasteiger partial charge in [-0.3, -0.25) is 4.79 Å². The summed E-state index contributed by atoms with van der Waals surface area (Å²) in [5.74, 6) is 0.547. The summed E-state index contributed by atoms with van der Waals surface area (Å²) < 4.78 is 27.3. The first-order chi connectivity index (χ1) is 11.5. The summed E-state index contributed by atoms with van der Waals surface area (Å²) in [6.07, 6.45) is 6.23. The van der Waals surface area contributed by atoms with E-state index in [1.54, 1.807) is 11.0 Å². The van der Waals surface area contributed by atoms with Crippen LogP contribution < -0.4 is 0 Å². The third kappa shape index (κ3) is 3.63. The Hall–Kier alpha value is -1.05. The van der Waals surface area contributed by atoms with Gasteiger partial charge in [0.2, 0.25) is 15.9 Å². The highest BCUT2D eigenvalue weighted by molar-refractivity contribution is 7.99. The molecule has 0 bridgehead atoms. The van der Waals surface area contributed by atoms with Crippen molar-refractivity contribution in [3.05, 3.63) is 29.3 Å². The summed E-state index contributed by atoms with van der Waals surface area (Å²) in [5, 5.41) is 0. The summed E-state index contributed by atoms with van der Waals surface area (Å²) >= 11 is 1.50. The third-order valence-corrected chi connectivity index (χ3v) is 7.25. The molecule has 1 aliphatic heterocycles. The van der Waals surface area contributed by atoms with Gasteiger partial charge in [-0.15, -0.1) is 0 Å². The first-order valence-corrected chi connectivity index (χ1v) is 11.2. The van der Waals surface area contributed by atoms with Crippen LogP contribution in [0.1, 0.15) is 24.0 Å². The summed E-state index contributed by atoms with van der Waals surface area (Å²) in [5.41, 5.74) is 2.46. The minimum Gasteiger partial charge on any atom is -0.339 e. The van der Waals surface area contributed by atoms with Crippen molar-refractivity contribution in [2.45, 2.75) is 30.6 Å². The van der Waals surface area contributed by atoms with Gasteiger partial charge >= 0.3 is 0 Å². The average molecular weight is 369 g/mol. The first kappa shape index (κ1) is 17.8. The summed E-state index contributed by atoms with van der Waals surface area (Å²) in [7, 11) is -3.47. The van der Waals surface area contributed by atoms with Gasteiger partial charge in [-0.1, -0.05) is 6.07 Å². The highest BCUT2D eigenvalue weighted by Crippen LogP contribution is 2.26. The Morgan fingerprint density at radius 3 is 2.42 bits per heavy atom. The van der Waals surface area contributed by atoms with Crippen molar-refractivity contribution >= 4 is 27.7 Å². The van der Waals surface area contributed by atoms with Crippen LogP contribution >= 0.6 is 11.8 Å². The molecular formula is C17H24N2O3S2. The number of carbonyl (C=O) groups is 1. The number of hydrogen-bond acceptors (Lipinski definition) is 4. The monoisotopic (exact) mass is 368 g/mol. The molecule has 0 spiro atoms. The molecule has 24 heavy (non-hydrogen) atoms. The van der Waals surface area contributed by atoms with Crippen molar-refractivity contribution in [3.8, 4) is 0 Å². The van der Waals surface area contributed by atoms with Crippen molar-refractivity contribution in [2.75, 3.05) is 38.2 Å². The highest BCUT2D eigenvalue weighted by Gasteiger charge is 2.30. The molecule has 0 atom stereocenters. The second-order valence-corrected chi connectivity index (χ2v) is 9.16. The molecule has 0 saturated carbocycles. The van der Waals surface area contributed by atoms with Crippen LogP contribution in [0.15, 0.2) is 23.1 Å². The van der Waals surface area contributed by atoms with E-state index in [1.165, 1.54) is 33.6 Å². The highest BCUT2D eigenvalue weighted by atomic mass is 32.2. The Kier molecular flexibility index (Phi) is 5.52. The van der Waals surface area contributed by atoms with Gasteiger partial charge in [0.15, 0.2) is 0 Å². The Morgan fingerprint density at radius 1 is 1.08 bits per heavy atom. The molecule has 1 aromatic carbocycles. The molecule has 0 unspecified atom stereocenters. The van der Waals surface area contributed by atoms with Crippen LogP contribution in [0.2, 0.25) is 0 Å². The van der Waals surface area contributed by atoms with E-state index in [1.807, 2.05) is 18.4 Å². The van der Waals surface area contributed by atoms with Gasteiger partial charge in [-0.2, -0.15) is 16.1 Å². The average Bonchev–Trinajstić information content (AvgIpc) is 2.61. The first-order valence-electron chi connectivity index (χ1n) is 8.41. The van der Waals surface area contributed by atoms with Crippen LogP contribution in [-0.2, 0) is 27.7 Å². The van der Waals surface area contributed by atoms with E-state index in [4.69, 9.17) is 0 Å². The number of hydrogen-bond donors (Lipinski definition) is 0. The Labute approximate surface area is 148 Å². The van der Waals surface area contributed by atoms with Gasteiger partial charge in [0.25, 0.3) is 0 Å². The molecule has 3 rings (SSSR count). The Balaban J connectivity index is 1.71. The fourth-order valence-electron chi connectivity index (χ4n) is 3.41. The van der Waals surface area contributed by atoms with Crippen LogP contribution in [0.25, 0.3) is 0 Å². The standard InChI is InChI=1S/C17H24N2O3S2/c1-23-13-17(20)18-8-10-19(11-9-18)24(21,22)16-7-6-14-4-2-3-5-15(14)12-16/h6-7,12H,2-5,8-11,13H2,1H3. The minimum absolute atomic E-state index is 0.0910. The molecular weight excluding hydrogens is 344 g/mol. The molecule has 5 nitrogen and oxygen atoms in total. The predicted octanol–water partition coefficient (Wildman–Crippen LogP) is 1.76. The second-order valence-electron chi connectivity index (χ2n) is 6.36. The third-order valence-electron chi connectivity index (χ3n) is 4.82. The Morgan fingerprint density at radius 2 is 1.75 bits per heavy atom. The fourth-order valence-corrected chi connectivity index (χ4v) is 5.31. The summed E-state index contributed by atoms with van der Waals surface area (Å²) in [6.45, 7) is 1.70. The molecule has 1 fully saturated rings. The van der Waals surface area contributed by atoms with E-state index in [9.17, 15) is 13.2 Å². The van der Waals surface area contributed by atoms with Crippen molar-refractivity contribution in [1.82, 2.24) is 9.21 Å². The molecule has 2 aliphatic rings. The molecule has 0 aromatic heterocycles. The maximum Gasteiger partial charge on any atom is 0.243 e. The number of aryl methyl sites for hydroxylation is 2. The SMILES string of the molecule is CSCC(=O)N1CCN(S(=O)(=O)c2ccc3c(c2)CCCC3)CC1. The molecule has 1 amide bonds. The lowest BCUT2D eigenvalue weighted by Gasteiger charge is -2.34. The van der Waals surface area contributed by atoms with Gasteiger partial charge in [0, 0.05) is 26.2 Å². The normalized spacial score (nSPS) is 19.1. The second kappa shape index (κ2) is 7.45. The van der Waals surface area contributed by atoms with Crippen LogP contribution in [-0.4, -0.2) is 61.7 Å². The van der Waals surface area contributed by atoms with Crippen LogP contribution in [0.3, 0.4) is 0 Å². The van der Waals surface area contributed by atoms with E-state index in [-0.39, 0.29) is 5.91 Å². The smallest absolute Gasteiger partial charge is 0.243 e. The zero-order valence-corrected chi connectivity index (χ0v) is 15.7. The van der Waals surface area contributed by atoms with Crippen LogP contribution in [0.4, 0.5) is 0 Å². The summed E-state index contributed by atoms with van der Waals surface area (Å²) in [6, 6.07) is 5.57. The van der Waals surface area contributed by atoms with Crippen LogP contribution in [0.5, 0.6) is 0 Å². The number of piperazine rings is 1. The van der Waals surface area contributed by atoms with Crippen molar-refractivity contribution in [2.24, 2.45) is 0 Å². The minimum atomic E-state index is -3.47. The van der Waals surface area contributed by atoms with Gasteiger partial charge in [0.1, 0.15) is 0 Å². The van der Waals surface area contributed by atoms with Gasteiger partial charge in [0.05, 0.1) is 10.6 Å². The van der Waals surface area contributed by atoms with Gasteiger partial charge in [-0.05, 0) is 55.2 Å². The summed E-state index contributed by atoms with van der Waals surface area (Å²) in [4.78, 5) is 14.1. The largest absolute Gasteiger partial charge is 0.339 e. The van der Waals surface area contributed by atoms with E-state index in [0.29, 0.717) is 36.8 Å². The van der Waals surface area contributed by atoms with E-state index >= 15 is 0 Å². The molecule has 0 radical (unpaired) electrons. The molecule has 132 valence electrons. The van der Waals surface area contributed by atoms with E-state index in [0.717, 1.165) is 19.3 Å². The topological polar surface area (TPSA) is 57.7 Å². The molecule has 7 heteroatoms. The van der Waals surface area contributed by atoms with Crippen molar-refractivity contribution in [1.29, 1.82) is 0 Å². The van der Waals surface area contributed by atoms with Crippen LogP contribution in [0, 0.1) is 0 Å². The number of fused-ring (bicyclic) bond motifs is 1. The van der Waals surface area contributed by atoms with E-state index in [2.05, 4.69) is 0 Å². The lowest BCUT2D eigenvalue weighted by molar-refractivity contribution is -0.129. The molecule has 1 aromatic rings. The number of carbonyl (C=O) groups excluding carboxylic acids is 1. The maximum atomic E-state index is 12.9. The van der Waals surface area contributed by atoms with E-state index < -0.39 is 10.0 Å².